The van der Waals surface area contributed by atoms with Crippen LogP contribution in [0.2, 0.25) is 0 Å². The van der Waals surface area contributed by atoms with Crippen LogP contribution in [0.25, 0.3) is 0 Å². The van der Waals surface area contributed by atoms with E-state index in [4.69, 9.17) is 5.11 Å². The van der Waals surface area contributed by atoms with Crippen molar-refractivity contribution < 1.29 is 9.90 Å². The van der Waals surface area contributed by atoms with Crippen molar-refractivity contribution in [1.29, 1.82) is 0 Å². The van der Waals surface area contributed by atoms with Gasteiger partial charge in [0.2, 0.25) is 0 Å². The van der Waals surface area contributed by atoms with Crippen molar-refractivity contribution in [1.82, 2.24) is 0 Å². The SMILES string of the molecule is CCC=CC=CCCC=CCC=CCC=CCCCCCC(=O)O. The Morgan fingerprint density at radius 1 is 0.708 bits per heavy atom. The molecule has 0 amide bonds. The van der Waals surface area contributed by atoms with Gasteiger partial charge in [-0.15, -0.1) is 0 Å². The Morgan fingerprint density at radius 3 is 1.96 bits per heavy atom. The lowest BCUT2D eigenvalue weighted by Gasteiger charge is -1.94. The molecule has 0 aliphatic carbocycles. The van der Waals surface area contributed by atoms with Crippen LogP contribution in [-0.2, 0) is 4.79 Å². The molecule has 0 aromatic rings. The van der Waals surface area contributed by atoms with Gasteiger partial charge in [0.05, 0.1) is 0 Å². The van der Waals surface area contributed by atoms with E-state index in [0.29, 0.717) is 6.42 Å². The Labute approximate surface area is 148 Å². The Hall–Kier alpha value is -1.83. The number of unbranched alkanes of at least 4 members (excludes halogenated alkanes) is 4. The average molecular weight is 331 g/mol. The molecule has 0 rings (SSSR count). The summed E-state index contributed by atoms with van der Waals surface area (Å²) in [7, 11) is 0. The average Bonchev–Trinajstić information content (AvgIpc) is 2.56. The maximum atomic E-state index is 10.3. The Kier molecular flexibility index (Phi) is 17.8. The molecule has 134 valence electrons. The molecule has 0 aliphatic rings. The Balaban J connectivity index is 3.40. The number of rotatable bonds is 15. The van der Waals surface area contributed by atoms with Crippen molar-refractivity contribution in [3.63, 3.8) is 0 Å². The summed E-state index contributed by atoms with van der Waals surface area (Å²) in [5.74, 6) is -0.690. The predicted molar refractivity (Wildman–Crippen MR) is 105 cm³/mol. The lowest BCUT2D eigenvalue weighted by atomic mass is 10.1. The van der Waals surface area contributed by atoms with Gasteiger partial charge in [0.1, 0.15) is 0 Å². The number of hydrogen-bond acceptors (Lipinski definition) is 1. The highest BCUT2D eigenvalue weighted by atomic mass is 16.4. The molecule has 0 saturated carbocycles. The predicted octanol–water partition coefficient (Wildman–Crippen LogP) is 6.77. The molecule has 0 aromatic carbocycles. The highest BCUT2D eigenvalue weighted by molar-refractivity contribution is 5.66. The molecule has 2 nitrogen and oxygen atoms in total. The largest absolute Gasteiger partial charge is 0.481 e. The van der Waals surface area contributed by atoms with Crippen molar-refractivity contribution in [3.05, 3.63) is 60.8 Å². The highest BCUT2D eigenvalue weighted by Crippen LogP contribution is 2.04. The highest BCUT2D eigenvalue weighted by Gasteiger charge is 1.94. The molecule has 0 spiro atoms. The van der Waals surface area contributed by atoms with Crippen LogP contribution >= 0.6 is 0 Å². The number of hydrogen-bond donors (Lipinski definition) is 1. The molecule has 0 atom stereocenters. The van der Waals surface area contributed by atoms with Gasteiger partial charge in [-0.2, -0.15) is 0 Å². The minimum Gasteiger partial charge on any atom is -0.481 e. The van der Waals surface area contributed by atoms with Gasteiger partial charge in [0.25, 0.3) is 0 Å². The topological polar surface area (TPSA) is 37.3 Å². The molecule has 2 heteroatoms. The summed E-state index contributed by atoms with van der Waals surface area (Å²) in [5.41, 5.74) is 0. The van der Waals surface area contributed by atoms with E-state index < -0.39 is 5.97 Å². The molecule has 0 aliphatic heterocycles. The van der Waals surface area contributed by atoms with Crippen LogP contribution in [0, 0.1) is 0 Å². The summed E-state index contributed by atoms with van der Waals surface area (Å²) >= 11 is 0. The first-order valence-electron chi connectivity index (χ1n) is 9.25. The maximum absolute atomic E-state index is 10.3. The van der Waals surface area contributed by atoms with Crippen LogP contribution in [0.4, 0.5) is 0 Å². The summed E-state index contributed by atoms with van der Waals surface area (Å²) in [5, 5.41) is 8.53. The van der Waals surface area contributed by atoms with E-state index >= 15 is 0 Å². The molecule has 0 saturated heterocycles. The second-order valence-corrected chi connectivity index (χ2v) is 5.72. The van der Waals surface area contributed by atoms with Gasteiger partial charge in [-0.05, 0) is 51.4 Å². The molecule has 0 aromatic heterocycles. The summed E-state index contributed by atoms with van der Waals surface area (Å²) in [6.45, 7) is 2.14. The van der Waals surface area contributed by atoms with Crippen molar-refractivity contribution in [3.8, 4) is 0 Å². The second-order valence-electron chi connectivity index (χ2n) is 5.72. The zero-order chi connectivity index (χ0) is 17.7. The number of aliphatic carboxylic acids is 1. The second kappa shape index (κ2) is 19.2. The van der Waals surface area contributed by atoms with Crippen LogP contribution < -0.4 is 0 Å². The third kappa shape index (κ3) is 20.2. The fourth-order valence-electron chi connectivity index (χ4n) is 2.07. The first-order valence-corrected chi connectivity index (χ1v) is 9.25. The first kappa shape index (κ1) is 22.2. The van der Waals surface area contributed by atoms with E-state index in [1.807, 2.05) is 0 Å². The van der Waals surface area contributed by atoms with Gasteiger partial charge < -0.3 is 5.11 Å². The molecule has 24 heavy (non-hydrogen) atoms. The van der Waals surface area contributed by atoms with E-state index in [2.05, 4.69) is 67.7 Å². The van der Waals surface area contributed by atoms with Gasteiger partial charge in [0, 0.05) is 6.42 Å². The quantitative estimate of drug-likeness (QED) is 0.204. The molecule has 1 N–H and O–H groups in total. The van der Waals surface area contributed by atoms with Crippen molar-refractivity contribution in [2.75, 3.05) is 0 Å². The molecular weight excluding hydrogens is 296 g/mol. The third-order valence-corrected chi connectivity index (χ3v) is 3.42. The molecule has 0 fully saturated rings. The zero-order valence-electron chi connectivity index (χ0n) is 15.2. The normalized spacial score (nSPS) is 12.7. The van der Waals surface area contributed by atoms with Crippen LogP contribution in [0.5, 0.6) is 0 Å². The lowest BCUT2D eigenvalue weighted by Crippen LogP contribution is -1.93. The van der Waals surface area contributed by atoms with Gasteiger partial charge in [-0.25, -0.2) is 0 Å². The standard InChI is InChI=1S/C22H34O2/c1-2-3-4-5-6-7-8-9-10-11-12-13-14-15-16-17-18-19-20-21-22(23)24/h3-6,9-10,12-13,15-16H,2,7-8,11,14,17-21H2,1H3,(H,23,24). The van der Waals surface area contributed by atoms with E-state index in [1.54, 1.807) is 0 Å². The first-order chi connectivity index (χ1) is 11.8. The fourth-order valence-corrected chi connectivity index (χ4v) is 2.07. The van der Waals surface area contributed by atoms with Gasteiger partial charge >= 0.3 is 5.97 Å². The van der Waals surface area contributed by atoms with E-state index in [1.165, 1.54) is 0 Å². The number of carbonyl (C=O) groups is 1. The van der Waals surface area contributed by atoms with E-state index in [0.717, 1.165) is 57.8 Å². The minimum absolute atomic E-state index is 0.298. The van der Waals surface area contributed by atoms with E-state index in [-0.39, 0.29) is 0 Å². The van der Waals surface area contributed by atoms with Gasteiger partial charge in [0.15, 0.2) is 0 Å². The fraction of sp³-hybridized carbons (Fsp3) is 0.500. The van der Waals surface area contributed by atoms with E-state index in [9.17, 15) is 4.79 Å². The van der Waals surface area contributed by atoms with Crippen LogP contribution in [0.1, 0.15) is 71.1 Å². The summed E-state index contributed by atoms with van der Waals surface area (Å²) in [6, 6.07) is 0. The molecule has 0 bridgehead atoms. The number of carboxylic acids is 1. The summed E-state index contributed by atoms with van der Waals surface area (Å²) in [4.78, 5) is 10.3. The van der Waals surface area contributed by atoms with Crippen LogP contribution in [0.3, 0.4) is 0 Å². The maximum Gasteiger partial charge on any atom is 0.303 e. The molecule has 0 unspecified atom stereocenters. The van der Waals surface area contributed by atoms with Crippen LogP contribution in [-0.4, -0.2) is 11.1 Å². The number of carboxylic acid groups (broad SMARTS) is 1. The number of allylic oxidation sites excluding steroid dienone is 10. The van der Waals surface area contributed by atoms with Crippen molar-refractivity contribution >= 4 is 5.97 Å². The minimum atomic E-state index is -0.690. The Bertz CT molecular complexity index is 425. The summed E-state index contributed by atoms with van der Waals surface area (Å²) < 4.78 is 0. The monoisotopic (exact) mass is 330 g/mol. The van der Waals surface area contributed by atoms with Crippen molar-refractivity contribution in [2.45, 2.75) is 71.1 Å². The lowest BCUT2D eigenvalue weighted by molar-refractivity contribution is -0.137. The van der Waals surface area contributed by atoms with Gasteiger partial charge in [-0.1, -0.05) is 74.1 Å². The zero-order valence-corrected chi connectivity index (χ0v) is 15.2. The molecule has 0 radical (unpaired) electrons. The summed E-state index contributed by atoms with van der Waals surface area (Å²) in [6.07, 6.45) is 31.3. The smallest absolute Gasteiger partial charge is 0.303 e. The molecular formula is C22H34O2. The third-order valence-electron chi connectivity index (χ3n) is 3.42. The van der Waals surface area contributed by atoms with Crippen molar-refractivity contribution in [2.24, 2.45) is 0 Å². The molecule has 0 heterocycles. The van der Waals surface area contributed by atoms with Gasteiger partial charge in [-0.3, -0.25) is 4.79 Å². The Morgan fingerprint density at radius 2 is 1.29 bits per heavy atom. The van der Waals surface area contributed by atoms with Crippen LogP contribution in [0.15, 0.2) is 60.8 Å².